The molecule has 10 heavy (non-hydrogen) atoms. The van der Waals surface area contributed by atoms with Gasteiger partial charge in [-0.3, -0.25) is 4.99 Å². The molecule has 0 saturated heterocycles. The average molecular weight is 138 g/mol. The first-order valence-electron chi connectivity index (χ1n) is 3.55. The van der Waals surface area contributed by atoms with Gasteiger partial charge in [0.05, 0.1) is 5.54 Å². The van der Waals surface area contributed by atoms with Crippen molar-refractivity contribution in [3.05, 3.63) is 12.3 Å². The SMILES string of the molecule is CN=C1CC=CNC1(C)C. The summed E-state index contributed by atoms with van der Waals surface area (Å²) in [6, 6.07) is 0. The van der Waals surface area contributed by atoms with Crippen molar-refractivity contribution in [1.29, 1.82) is 0 Å². The molecule has 0 aromatic rings. The fourth-order valence-corrected chi connectivity index (χ4v) is 1.15. The highest BCUT2D eigenvalue weighted by Crippen LogP contribution is 2.12. The van der Waals surface area contributed by atoms with Crippen LogP contribution in [0.15, 0.2) is 17.3 Å². The number of nitrogens with one attached hydrogen (secondary N) is 1. The van der Waals surface area contributed by atoms with Crippen LogP contribution in [0.4, 0.5) is 0 Å². The third-order valence-electron chi connectivity index (χ3n) is 1.86. The van der Waals surface area contributed by atoms with Crippen molar-refractivity contribution in [2.75, 3.05) is 7.05 Å². The van der Waals surface area contributed by atoms with Crippen LogP contribution in [-0.2, 0) is 0 Å². The zero-order valence-electron chi connectivity index (χ0n) is 6.81. The monoisotopic (exact) mass is 138 g/mol. The van der Waals surface area contributed by atoms with Crippen LogP contribution in [0.1, 0.15) is 20.3 Å². The smallest absolute Gasteiger partial charge is 0.0693 e. The number of hydrogen-bond acceptors (Lipinski definition) is 2. The van der Waals surface area contributed by atoms with E-state index in [9.17, 15) is 0 Å². The topological polar surface area (TPSA) is 24.4 Å². The van der Waals surface area contributed by atoms with Gasteiger partial charge in [0.15, 0.2) is 0 Å². The van der Waals surface area contributed by atoms with Gasteiger partial charge >= 0.3 is 0 Å². The summed E-state index contributed by atoms with van der Waals surface area (Å²) in [5, 5.41) is 3.25. The highest BCUT2D eigenvalue weighted by molar-refractivity contribution is 5.94. The van der Waals surface area contributed by atoms with Gasteiger partial charge in [0.1, 0.15) is 0 Å². The molecule has 0 bridgehead atoms. The minimum absolute atomic E-state index is 0.0590. The number of aliphatic imine (C=N–C) groups is 1. The Morgan fingerprint density at radius 3 is 2.70 bits per heavy atom. The van der Waals surface area contributed by atoms with Crippen LogP contribution in [0.5, 0.6) is 0 Å². The Kier molecular flexibility index (Phi) is 1.79. The zero-order chi connectivity index (χ0) is 7.61. The quantitative estimate of drug-likeness (QED) is 0.536. The van der Waals surface area contributed by atoms with Crippen molar-refractivity contribution in [3.63, 3.8) is 0 Å². The van der Waals surface area contributed by atoms with Crippen molar-refractivity contribution < 1.29 is 0 Å². The van der Waals surface area contributed by atoms with Gasteiger partial charge in [0.25, 0.3) is 0 Å². The molecule has 1 N–H and O–H groups in total. The second-order valence-electron chi connectivity index (χ2n) is 3.05. The lowest BCUT2D eigenvalue weighted by Gasteiger charge is -2.29. The average Bonchev–Trinajstić information content (AvgIpc) is 1.87. The van der Waals surface area contributed by atoms with Crippen LogP contribution in [-0.4, -0.2) is 18.3 Å². The molecule has 0 fully saturated rings. The lowest BCUT2D eigenvalue weighted by atomic mass is 9.93. The predicted molar refractivity (Wildman–Crippen MR) is 44.3 cm³/mol. The van der Waals surface area contributed by atoms with Gasteiger partial charge in [-0.2, -0.15) is 0 Å². The van der Waals surface area contributed by atoms with E-state index in [-0.39, 0.29) is 5.54 Å². The van der Waals surface area contributed by atoms with E-state index in [4.69, 9.17) is 0 Å². The van der Waals surface area contributed by atoms with E-state index >= 15 is 0 Å². The van der Waals surface area contributed by atoms with Crippen LogP contribution in [0, 0.1) is 0 Å². The zero-order valence-corrected chi connectivity index (χ0v) is 6.81. The summed E-state index contributed by atoms with van der Waals surface area (Å²) in [6.45, 7) is 4.28. The minimum Gasteiger partial charge on any atom is -0.381 e. The lowest BCUT2D eigenvalue weighted by molar-refractivity contribution is 0.572. The van der Waals surface area contributed by atoms with E-state index < -0.39 is 0 Å². The van der Waals surface area contributed by atoms with E-state index in [1.54, 1.807) is 0 Å². The standard InChI is InChI=1S/C8H14N2/c1-8(2)7(9-3)5-4-6-10-8/h4,6,10H,5H2,1-3H3. The maximum atomic E-state index is 4.20. The second kappa shape index (κ2) is 2.45. The molecule has 1 rings (SSSR count). The van der Waals surface area contributed by atoms with Crippen molar-refractivity contribution in [1.82, 2.24) is 5.32 Å². The van der Waals surface area contributed by atoms with Crippen LogP contribution in [0.3, 0.4) is 0 Å². The van der Waals surface area contributed by atoms with Crippen LogP contribution < -0.4 is 5.32 Å². The first kappa shape index (κ1) is 7.32. The molecule has 1 heterocycles. The van der Waals surface area contributed by atoms with Crippen molar-refractivity contribution in [2.45, 2.75) is 25.8 Å². The minimum atomic E-state index is 0.0590. The summed E-state index contributed by atoms with van der Waals surface area (Å²) in [5.74, 6) is 0. The third-order valence-corrected chi connectivity index (χ3v) is 1.86. The van der Waals surface area contributed by atoms with Gasteiger partial charge in [-0.25, -0.2) is 0 Å². The molecule has 2 nitrogen and oxygen atoms in total. The first-order valence-corrected chi connectivity index (χ1v) is 3.55. The fourth-order valence-electron chi connectivity index (χ4n) is 1.15. The van der Waals surface area contributed by atoms with Gasteiger partial charge in [-0.1, -0.05) is 6.08 Å². The Bertz CT molecular complexity index is 178. The fraction of sp³-hybridized carbons (Fsp3) is 0.625. The second-order valence-corrected chi connectivity index (χ2v) is 3.05. The third kappa shape index (κ3) is 1.20. The number of nitrogens with zero attached hydrogens (tertiary/aromatic N) is 1. The number of allylic oxidation sites excluding steroid dienone is 1. The molecule has 0 amide bonds. The molecule has 2 heteroatoms. The maximum Gasteiger partial charge on any atom is 0.0693 e. The molecular weight excluding hydrogens is 124 g/mol. The van der Waals surface area contributed by atoms with Crippen LogP contribution in [0.2, 0.25) is 0 Å². The van der Waals surface area contributed by atoms with Crippen molar-refractivity contribution in [3.8, 4) is 0 Å². The number of hydrogen-bond donors (Lipinski definition) is 1. The van der Waals surface area contributed by atoms with Gasteiger partial charge in [0.2, 0.25) is 0 Å². The van der Waals surface area contributed by atoms with Crippen LogP contribution >= 0.6 is 0 Å². The normalized spacial score (nSPS) is 26.5. The summed E-state index contributed by atoms with van der Waals surface area (Å²) in [7, 11) is 1.85. The Labute approximate surface area is 62.0 Å². The molecule has 56 valence electrons. The van der Waals surface area contributed by atoms with Gasteiger partial charge < -0.3 is 5.32 Å². The number of rotatable bonds is 0. The summed E-state index contributed by atoms with van der Waals surface area (Å²) in [5.41, 5.74) is 1.28. The van der Waals surface area contributed by atoms with E-state index in [1.165, 1.54) is 5.71 Å². The molecule has 0 spiro atoms. The Balaban J connectivity index is 2.83. The molecule has 0 aromatic carbocycles. The largest absolute Gasteiger partial charge is 0.381 e. The molecule has 0 unspecified atom stereocenters. The van der Waals surface area contributed by atoms with Gasteiger partial charge in [-0.15, -0.1) is 0 Å². The molecule has 1 aliphatic rings. The van der Waals surface area contributed by atoms with E-state index in [0.29, 0.717) is 0 Å². The predicted octanol–water partition coefficient (Wildman–Crippen LogP) is 1.34. The summed E-state index contributed by atoms with van der Waals surface area (Å²) in [4.78, 5) is 4.20. The highest BCUT2D eigenvalue weighted by Gasteiger charge is 2.23. The maximum absolute atomic E-state index is 4.20. The molecular formula is C8H14N2. The van der Waals surface area contributed by atoms with E-state index in [2.05, 4.69) is 30.2 Å². The van der Waals surface area contributed by atoms with Crippen molar-refractivity contribution in [2.24, 2.45) is 4.99 Å². The van der Waals surface area contributed by atoms with Crippen molar-refractivity contribution >= 4 is 5.71 Å². The lowest BCUT2D eigenvalue weighted by Crippen LogP contribution is -2.45. The van der Waals surface area contributed by atoms with Crippen LogP contribution in [0.25, 0.3) is 0 Å². The summed E-state index contributed by atoms with van der Waals surface area (Å²) >= 11 is 0. The molecule has 0 saturated carbocycles. The van der Waals surface area contributed by atoms with Gasteiger partial charge in [-0.05, 0) is 20.0 Å². The molecule has 0 atom stereocenters. The molecule has 0 aliphatic carbocycles. The van der Waals surface area contributed by atoms with E-state index in [0.717, 1.165) is 6.42 Å². The Morgan fingerprint density at radius 2 is 2.30 bits per heavy atom. The van der Waals surface area contributed by atoms with E-state index in [1.807, 2.05) is 13.2 Å². The molecule has 1 aliphatic heterocycles. The van der Waals surface area contributed by atoms with Gasteiger partial charge in [0, 0.05) is 19.2 Å². The summed E-state index contributed by atoms with van der Waals surface area (Å²) < 4.78 is 0. The highest BCUT2D eigenvalue weighted by atomic mass is 15.0. The summed E-state index contributed by atoms with van der Waals surface area (Å²) in [6.07, 6.45) is 5.07. The first-order chi connectivity index (χ1) is 4.67. The Hall–Kier alpha value is -0.790. The molecule has 0 radical (unpaired) electrons. The molecule has 0 aromatic heterocycles. The Morgan fingerprint density at radius 1 is 1.60 bits per heavy atom.